The highest BCUT2D eigenvalue weighted by Crippen LogP contribution is 2.24. The third-order valence-electron chi connectivity index (χ3n) is 3.71. The normalized spacial score (nSPS) is 14.9. The van der Waals surface area contributed by atoms with E-state index in [0.29, 0.717) is 0 Å². The molecule has 2 aromatic rings. The van der Waals surface area contributed by atoms with E-state index in [9.17, 15) is 0 Å². The van der Waals surface area contributed by atoms with Gasteiger partial charge in [-0.1, -0.05) is 18.2 Å². The van der Waals surface area contributed by atoms with Gasteiger partial charge in [0.15, 0.2) is 0 Å². The van der Waals surface area contributed by atoms with Crippen molar-refractivity contribution >= 4 is 5.69 Å². The smallest absolute Gasteiger partial charge is 0.0448 e. The van der Waals surface area contributed by atoms with Crippen LogP contribution in [0.5, 0.6) is 0 Å². The van der Waals surface area contributed by atoms with Crippen LogP contribution in [0.25, 0.3) is 0 Å². The summed E-state index contributed by atoms with van der Waals surface area (Å²) in [5.41, 5.74) is 5.33. The Kier molecular flexibility index (Phi) is 3.47. The number of aromatic nitrogens is 1. The molecule has 3 heteroatoms. The van der Waals surface area contributed by atoms with Gasteiger partial charge in [-0.3, -0.25) is 4.98 Å². The summed E-state index contributed by atoms with van der Waals surface area (Å²) in [5.74, 6) is 0. The largest absolute Gasteiger partial charge is 0.366 e. The zero-order chi connectivity index (χ0) is 13.1. The van der Waals surface area contributed by atoms with Gasteiger partial charge in [0.25, 0.3) is 0 Å². The van der Waals surface area contributed by atoms with Crippen molar-refractivity contribution in [3.63, 3.8) is 0 Å². The quantitative estimate of drug-likeness (QED) is 0.891. The van der Waals surface area contributed by atoms with Crippen LogP contribution in [-0.4, -0.2) is 18.1 Å². The van der Waals surface area contributed by atoms with Crippen molar-refractivity contribution < 1.29 is 0 Å². The Balaban J connectivity index is 1.91. The average molecular weight is 253 g/mol. The van der Waals surface area contributed by atoms with Gasteiger partial charge in [-0.2, -0.15) is 0 Å². The standard InChI is InChI=1S/C16H19N3/c1-13-6-7-17-11-15(13)12-19-9-8-18-10-14-4-2-3-5-16(14)19/h2-7,11,18H,8-10,12H2,1H3. The predicted molar refractivity (Wildman–Crippen MR) is 78.2 cm³/mol. The van der Waals surface area contributed by atoms with E-state index in [1.165, 1.54) is 22.4 Å². The lowest BCUT2D eigenvalue weighted by atomic mass is 10.1. The highest BCUT2D eigenvalue weighted by molar-refractivity contribution is 5.54. The first-order valence-electron chi connectivity index (χ1n) is 6.77. The van der Waals surface area contributed by atoms with E-state index < -0.39 is 0 Å². The Morgan fingerprint density at radius 1 is 1.26 bits per heavy atom. The molecule has 19 heavy (non-hydrogen) atoms. The van der Waals surface area contributed by atoms with Gasteiger partial charge in [0.2, 0.25) is 0 Å². The second-order valence-corrected chi connectivity index (χ2v) is 5.03. The minimum absolute atomic E-state index is 0.929. The molecule has 2 heterocycles. The van der Waals surface area contributed by atoms with Crippen LogP contribution in [0.15, 0.2) is 42.7 Å². The van der Waals surface area contributed by atoms with E-state index in [-0.39, 0.29) is 0 Å². The summed E-state index contributed by atoms with van der Waals surface area (Å²) in [6, 6.07) is 10.7. The number of nitrogens with one attached hydrogen (secondary N) is 1. The molecule has 0 saturated heterocycles. The van der Waals surface area contributed by atoms with Gasteiger partial charge < -0.3 is 10.2 Å². The summed E-state index contributed by atoms with van der Waals surface area (Å²) in [6.07, 6.45) is 3.84. The Morgan fingerprint density at radius 2 is 2.16 bits per heavy atom. The Labute approximate surface area is 114 Å². The van der Waals surface area contributed by atoms with Gasteiger partial charge in [0.1, 0.15) is 0 Å². The van der Waals surface area contributed by atoms with E-state index in [4.69, 9.17) is 0 Å². The molecule has 0 fully saturated rings. The fourth-order valence-corrected chi connectivity index (χ4v) is 2.56. The van der Waals surface area contributed by atoms with Crippen LogP contribution >= 0.6 is 0 Å². The third kappa shape index (κ3) is 2.61. The van der Waals surface area contributed by atoms with Crippen LogP contribution in [0.2, 0.25) is 0 Å². The van der Waals surface area contributed by atoms with Gasteiger partial charge in [-0.15, -0.1) is 0 Å². The number of fused-ring (bicyclic) bond motifs is 1. The van der Waals surface area contributed by atoms with Crippen LogP contribution in [-0.2, 0) is 13.1 Å². The molecule has 1 N–H and O–H groups in total. The molecular formula is C16H19N3. The molecule has 0 aliphatic carbocycles. The number of hydrogen-bond acceptors (Lipinski definition) is 3. The third-order valence-corrected chi connectivity index (χ3v) is 3.71. The Bertz CT molecular complexity index is 565. The predicted octanol–water partition coefficient (Wildman–Crippen LogP) is 2.50. The van der Waals surface area contributed by atoms with E-state index in [1.54, 1.807) is 0 Å². The molecule has 0 spiro atoms. The number of hydrogen-bond donors (Lipinski definition) is 1. The summed E-state index contributed by atoms with van der Waals surface area (Å²) in [5, 5.41) is 3.48. The molecule has 0 radical (unpaired) electrons. The lowest BCUT2D eigenvalue weighted by Gasteiger charge is -2.25. The first-order valence-corrected chi connectivity index (χ1v) is 6.77. The summed E-state index contributed by atoms with van der Waals surface area (Å²) in [7, 11) is 0. The highest BCUT2D eigenvalue weighted by Gasteiger charge is 2.15. The van der Waals surface area contributed by atoms with Gasteiger partial charge in [0.05, 0.1) is 0 Å². The van der Waals surface area contributed by atoms with Crippen molar-refractivity contribution in [2.75, 3.05) is 18.0 Å². The zero-order valence-corrected chi connectivity index (χ0v) is 11.3. The average Bonchev–Trinajstić information content (AvgIpc) is 2.64. The number of pyridine rings is 1. The van der Waals surface area contributed by atoms with Crippen molar-refractivity contribution in [1.29, 1.82) is 0 Å². The highest BCUT2D eigenvalue weighted by atomic mass is 15.2. The maximum absolute atomic E-state index is 4.25. The van der Waals surface area contributed by atoms with Crippen molar-refractivity contribution in [2.45, 2.75) is 20.0 Å². The molecule has 98 valence electrons. The van der Waals surface area contributed by atoms with Crippen molar-refractivity contribution in [2.24, 2.45) is 0 Å². The fourth-order valence-electron chi connectivity index (χ4n) is 2.56. The summed E-state index contributed by atoms with van der Waals surface area (Å²) < 4.78 is 0. The molecule has 0 saturated carbocycles. The topological polar surface area (TPSA) is 28.2 Å². The molecule has 0 unspecified atom stereocenters. The minimum Gasteiger partial charge on any atom is -0.366 e. The summed E-state index contributed by atoms with van der Waals surface area (Å²) in [6.45, 7) is 6.09. The van der Waals surface area contributed by atoms with Gasteiger partial charge >= 0.3 is 0 Å². The molecule has 1 aliphatic rings. The van der Waals surface area contributed by atoms with Crippen molar-refractivity contribution in [3.8, 4) is 0 Å². The SMILES string of the molecule is Cc1ccncc1CN1CCNCc2ccccc21. The van der Waals surface area contributed by atoms with Crippen LogP contribution in [0.3, 0.4) is 0 Å². The number of rotatable bonds is 2. The van der Waals surface area contributed by atoms with Gasteiger partial charge in [-0.05, 0) is 35.7 Å². The van der Waals surface area contributed by atoms with E-state index >= 15 is 0 Å². The zero-order valence-electron chi connectivity index (χ0n) is 11.3. The number of benzene rings is 1. The molecular weight excluding hydrogens is 234 g/mol. The number of para-hydroxylation sites is 1. The maximum atomic E-state index is 4.25. The molecule has 1 aromatic carbocycles. The first kappa shape index (κ1) is 12.2. The molecule has 0 amide bonds. The number of aryl methyl sites for hydroxylation is 1. The Morgan fingerprint density at radius 3 is 3.05 bits per heavy atom. The molecule has 0 bridgehead atoms. The van der Waals surface area contributed by atoms with Crippen LogP contribution in [0.4, 0.5) is 5.69 Å². The molecule has 1 aliphatic heterocycles. The van der Waals surface area contributed by atoms with E-state index in [1.807, 2.05) is 12.4 Å². The van der Waals surface area contributed by atoms with Crippen LogP contribution in [0, 0.1) is 6.92 Å². The lowest BCUT2D eigenvalue weighted by molar-refractivity contribution is 0.687. The molecule has 3 nitrogen and oxygen atoms in total. The fraction of sp³-hybridized carbons (Fsp3) is 0.312. The lowest BCUT2D eigenvalue weighted by Crippen LogP contribution is -2.28. The van der Waals surface area contributed by atoms with Crippen molar-refractivity contribution in [1.82, 2.24) is 10.3 Å². The van der Waals surface area contributed by atoms with Crippen LogP contribution < -0.4 is 10.2 Å². The number of anilines is 1. The van der Waals surface area contributed by atoms with Crippen LogP contribution in [0.1, 0.15) is 16.7 Å². The summed E-state index contributed by atoms with van der Waals surface area (Å²) >= 11 is 0. The first-order chi connectivity index (χ1) is 9.34. The molecule has 3 rings (SSSR count). The molecule has 1 aromatic heterocycles. The maximum Gasteiger partial charge on any atom is 0.0448 e. The van der Waals surface area contributed by atoms with Crippen molar-refractivity contribution in [3.05, 3.63) is 59.4 Å². The minimum atomic E-state index is 0.929. The van der Waals surface area contributed by atoms with Gasteiger partial charge in [0, 0.05) is 44.3 Å². The molecule has 0 atom stereocenters. The van der Waals surface area contributed by atoms with E-state index in [0.717, 1.165) is 26.2 Å². The van der Waals surface area contributed by atoms with E-state index in [2.05, 4.69) is 52.5 Å². The second kappa shape index (κ2) is 5.41. The Hall–Kier alpha value is -1.87. The van der Waals surface area contributed by atoms with Gasteiger partial charge in [-0.25, -0.2) is 0 Å². The second-order valence-electron chi connectivity index (χ2n) is 5.03. The summed E-state index contributed by atoms with van der Waals surface area (Å²) in [4.78, 5) is 6.69. The number of nitrogens with zero attached hydrogens (tertiary/aromatic N) is 2. The monoisotopic (exact) mass is 253 g/mol.